The third-order valence-corrected chi connectivity index (χ3v) is 5.56. The van der Waals surface area contributed by atoms with Crippen molar-refractivity contribution < 1.29 is 19.1 Å². The van der Waals surface area contributed by atoms with Crippen molar-refractivity contribution in [2.75, 3.05) is 45.7 Å². The van der Waals surface area contributed by atoms with E-state index in [1.165, 1.54) is 4.90 Å². The summed E-state index contributed by atoms with van der Waals surface area (Å²) in [6, 6.07) is 5.32. The number of anilines is 1. The lowest BCUT2D eigenvalue weighted by Crippen LogP contribution is -2.44. The molecule has 1 saturated heterocycles. The van der Waals surface area contributed by atoms with E-state index >= 15 is 0 Å². The van der Waals surface area contributed by atoms with Crippen LogP contribution in [-0.4, -0.2) is 74.3 Å². The topological polar surface area (TPSA) is 70.2 Å². The van der Waals surface area contributed by atoms with Crippen LogP contribution < -0.4 is 9.64 Å². The van der Waals surface area contributed by atoms with Gasteiger partial charge in [0, 0.05) is 38.5 Å². The number of hydrogen-bond acceptors (Lipinski definition) is 5. The Labute approximate surface area is 159 Å². The molecule has 0 unspecified atom stereocenters. The van der Waals surface area contributed by atoms with Crippen LogP contribution in [0.1, 0.15) is 36.0 Å². The first-order chi connectivity index (χ1) is 12.9. The number of ether oxygens (including phenoxy) is 1. The standard InChI is InChI=1S/C20H27N3O4/c1-21-10-8-15(9-11-21)22(2)19(25)7-5-17(24)14-4-6-18-16(12-14)23(3)20(26)13-27-18/h4,6,12,15H,5,7-11,13H2,1-3H3. The molecule has 2 aliphatic rings. The summed E-state index contributed by atoms with van der Waals surface area (Å²) in [5.74, 6) is 0.342. The van der Waals surface area contributed by atoms with Crippen molar-refractivity contribution in [1.29, 1.82) is 0 Å². The maximum atomic E-state index is 12.5. The molecule has 0 saturated carbocycles. The fourth-order valence-electron chi connectivity index (χ4n) is 3.57. The molecule has 0 atom stereocenters. The lowest BCUT2D eigenvalue weighted by Gasteiger charge is -2.35. The lowest BCUT2D eigenvalue weighted by molar-refractivity contribution is -0.132. The number of fused-ring (bicyclic) bond motifs is 1. The Bertz CT molecular complexity index is 741. The minimum absolute atomic E-state index is 0.00601. The number of carbonyl (C=O) groups is 3. The van der Waals surface area contributed by atoms with Crippen molar-refractivity contribution in [2.45, 2.75) is 31.7 Å². The van der Waals surface area contributed by atoms with Gasteiger partial charge >= 0.3 is 0 Å². The summed E-state index contributed by atoms with van der Waals surface area (Å²) in [6.07, 6.45) is 2.30. The summed E-state index contributed by atoms with van der Waals surface area (Å²) in [4.78, 5) is 42.3. The monoisotopic (exact) mass is 373 g/mol. The fraction of sp³-hybridized carbons (Fsp3) is 0.550. The summed E-state index contributed by atoms with van der Waals surface area (Å²) in [5, 5.41) is 0. The minimum Gasteiger partial charge on any atom is -0.482 e. The van der Waals surface area contributed by atoms with E-state index in [2.05, 4.69) is 11.9 Å². The van der Waals surface area contributed by atoms with Crippen LogP contribution in [0.15, 0.2) is 18.2 Å². The minimum atomic E-state index is -0.151. The van der Waals surface area contributed by atoms with Gasteiger partial charge in [-0.1, -0.05) is 0 Å². The number of rotatable bonds is 5. The fourth-order valence-corrected chi connectivity index (χ4v) is 3.57. The maximum Gasteiger partial charge on any atom is 0.264 e. The molecule has 1 aromatic carbocycles. The highest BCUT2D eigenvalue weighted by Crippen LogP contribution is 2.32. The molecule has 146 valence electrons. The van der Waals surface area contributed by atoms with Crippen LogP contribution in [0.25, 0.3) is 0 Å². The Kier molecular flexibility index (Phi) is 5.79. The first kappa shape index (κ1) is 19.4. The summed E-state index contributed by atoms with van der Waals surface area (Å²) in [7, 11) is 5.59. The van der Waals surface area contributed by atoms with Crippen LogP contribution in [-0.2, 0) is 9.59 Å². The molecule has 27 heavy (non-hydrogen) atoms. The van der Waals surface area contributed by atoms with Gasteiger partial charge in [0.1, 0.15) is 5.75 Å². The van der Waals surface area contributed by atoms with Crippen molar-refractivity contribution in [2.24, 2.45) is 0 Å². The van der Waals surface area contributed by atoms with E-state index in [4.69, 9.17) is 4.74 Å². The maximum absolute atomic E-state index is 12.5. The zero-order valence-electron chi connectivity index (χ0n) is 16.2. The van der Waals surface area contributed by atoms with Crippen LogP contribution in [0, 0.1) is 0 Å². The molecule has 0 aromatic heterocycles. The SMILES string of the molecule is CN1CCC(N(C)C(=O)CCC(=O)c2ccc3c(c2)N(C)C(=O)CO3)CC1. The highest BCUT2D eigenvalue weighted by Gasteiger charge is 2.25. The largest absolute Gasteiger partial charge is 0.482 e. The second kappa shape index (κ2) is 8.08. The van der Waals surface area contributed by atoms with Crippen LogP contribution in [0.4, 0.5) is 5.69 Å². The van der Waals surface area contributed by atoms with Gasteiger partial charge in [-0.15, -0.1) is 0 Å². The summed E-state index contributed by atoms with van der Waals surface area (Å²) in [6.45, 7) is 1.99. The Hall–Kier alpha value is -2.41. The van der Waals surface area contributed by atoms with Crippen molar-refractivity contribution in [3.8, 4) is 5.75 Å². The van der Waals surface area contributed by atoms with Gasteiger partial charge in [0.05, 0.1) is 5.69 Å². The number of benzene rings is 1. The number of Topliss-reactive ketones (excluding diaryl/α,β-unsaturated/α-hetero) is 1. The molecule has 7 nitrogen and oxygen atoms in total. The van der Waals surface area contributed by atoms with E-state index < -0.39 is 0 Å². The van der Waals surface area contributed by atoms with Crippen LogP contribution in [0.2, 0.25) is 0 Å². The molecule has 1 aromatic rings. The predicted molar refractivity (Wildman–Crippen MR) is 102 cm³/mol. The van der Waals surface area contributed by atoms with E-state index in [1.54, 1.807) is 30.1 Å². The number of likely N-dealkylation sites (N-methyl/N-ethyl adjacent to an activating group) is 1. The number of ketones is 1. The first-order valence-corrected chi connectivity index (χ1v) is 9.37. The van der Waals surface area contributed by atoms with Gasteiger partial charge in [-0.05, 0) is 51.2 Å². The number of hydrogen-bond donors (Lipinski definition) is 0. The van der Waals surface area contributed by atoms with Crippen molar-refractivity contribution in [1.82, 2.24) is 9.80 Å². The summed E-state index contributed by atoms with van der Waals surface area (Å²) in [5.41, 5.74) is 1.08. The zero-order chi connectivity index (χ0) is 19.6. The van der Waals surface area contributed by atoms with Crippen molar-refractivity contribution >= 4 is 23.3 Å². The second-order valence-electron chi connectivity index (χ2n) is 7.39. The molecule has 2 aliphatic heterocycles. The molecule has 1 fully saturated rings. The zero-order valence-corrected chi connectivity index (χ0v) is 16.2. The average Bonchev–Trinajstić information content (AvgIpc) is 2.68. The molecule has 0 spiro atoms. The molecule has 0 bridgehead atoms. The van der Waals surface area contributed by atoms with Gasteiger partial charge in [0.15, 0.2) is 12.4 Å². The van der Waals surface area contributed by atoms with E-state index in [9.17, 15) is 14.4 Å². The van der Waals surface area contributed by atoms with Crippen molar-refractivity contribution in [3.05, 3.63) is 23.8 Å². The van der Waals surface area contributed by atoms with Gasteiger partial charge < -0.3 is 19.4 Å². The molecule has 0 radical (unpaired) electrons. The quantitative estimate of drug-likeness (QED) is 0.733. The number of likely N-dealkylation sites (tertiary alicyclic amines) is 1. The summed E-state index contributed by atoms with van der Waals surface area (Å²) >= 11 is 0. The molecule has 3 rings (SSSR count). The third kappa shape index (κ3) is 4.30. The third-order valence-electron chi connectivity index (χ3n) is 5.56. The van der Waals surface area contributed by atoms with E-state index in [-0.39, 0.29) is 43.1 Å². The average molecular weight is 373 g/mol. The molecule has 2 heterocycles. The molecule has 0 N–H and O–H groups in total. The molecule has 7 heteroatoms. The normalized spacial score (nSPS) is 18.0. The molecule has 0 aliphatic carbocycles. The van der Waals surface area contributed by atoms with Crippen LogP contribution >= 0.6 is 0 Å². The number of carbonyl (C=O) groups excluding carboxylic acids is 3. The Morgan fingerprint density at radius 2 is 1.89 bits per heavy atom. The smallest absolute Gasteiger partial charge is 0.264 e. The van der Waals surface area contributed by atoms with Gasteiger partial charge in [0.2, 0.25) is 5.91 Å². The highest BCUT2D eigenvalue weighted by atomic mass is 16.5. The van der Waals surface area contributed by atoms with Gasteiger partial charge in [0.25, 0.3) is 5.91 Å². The van der Waals surface area contributed by atoms with E-state index in [0.29, 0.717) is 17.0 Å². The number of amides is 2. The molecular formula is C20H27N3O4. The number of nitrogens with zero attached hydrogens (tertiary/aromatic N) is 3. The van der Waals surface area contributed by atoms with Crippen LogP contribution in [0.5, 0.6) is 5.75 Å². The van der Waals surface area contributed by atoms with E-state index in [1.807, 2.05) is 7.05 Å². The Balaban J connectivity index is 1.58. The predicted octanol–water partition coefficient (Wildman–Crippen LogP) is 1.56. The van der Waals surface area contributed by atoms with Gasteiger partial charge in [-0.2, -0.15) is 0 Å². The Morgan fingerprint density at radius 3 is 2.59 bits per heavy atom. The van der Waals surface area contributed by atoms with Gasteiger partial charge in [-0.3, -0.25) is 14.4 Å². The van der Waals surface area contributed by atoms with E-state index in [0.717, 1.165) is 25.9 Å². The Morgan fingerprint density at radius 1 is 1.19 bits per heavy atom. The van der Waals surface area contributed by atoms with Gasteiger partial charge in [-0.25, -0.2) is 0 Å². The first-order valence-electron chi connectivity index (χ1n) is 9.37. The highest BCUT2D eigenvalue weighted by molar-refractivity contribution is 6.02. The molecular weight excluding hydrogens is 346 g/mol. The second-order valence-corrected chi connectivity index (χ2v) is 7.39. The number of piperidine rings is 1. The van der Waals surface area contributed by atoms with Crippen LogP contribution in [0.3, 0.4) is 0 Å². The summed E-state index contributed by atoms with van der Waals surface area (Å²) < 4.78 is 5.38. The lowest BCUT2D eigenvalue weighted by atomic mass is 10.0. The van der Waals surface area contributed by atoms with Crippen molar-refractivity contribution in [3.63, 3.8) is 0 Å². The molecule has 2 amide bonds.